The van der Waals surface area contributed by atoms with E-state index in [1.807, 2.05) is 32.8 Å². The van der Waals surface area contributed by atoms with E-state index in [1.165, 1.54) is 0 Å². The second-order valence-electron chi connectivity index (χ2n) is 12.3. The van der Waals surface area contributed by atoms with Crippen LogP contribution in [0, 0.1) is 17.3 Å². The highest BCUT2D eigenvalue weighted by Gasteiger charge is 2.51. The lowest BCUT2D eigenvalue weighted by molar-refractivity contribution is -0.295. The lowest BCUT2D eigenvalue weighted by Crippen LogP contribution is -2.59. The first-order valence-electron chi connectivity index (χ1n) is 13.9. The third-order valence-electron chi connectivity index (χ3n) is 8.25. The van der Waals surface area contributed by atoms with Gasteiger partial charge in [0, 0.05) is 31.7 Å². The number of carbonyl (C=O) groups excluding carboxylic acids is 2. The van der Waals surface area contributed by atoms with Gasteiger partial charge >= 0.3 is 5.97 Å². The van der Waals surface area contributed by atoms with Crippen molar-refractivity contribution < 1.29 is 38.7 Å². The Morgan fingerprint density at radius 3 is 2.39 bits per heavy atom. The van der Waals surface area contributed by atoms with Gasteiger partial charge in [-0.25, -0.2) is 0 Å². The Kier molecular flexibility index (Phi) is 12.2. The van der Waals surface area contributed by atoms with Crippen LogP contribution in [0.5, 0.6) is 0 Å². The Labute approximate surface area is 228 Å². The Balaban J connectivity index is 2.47. The lowest BCUT2D eigenvalue weighted by Gasteiger charge is -2.47. The number of carbonyl (C=O) groups is 2. The zero-order chi connectivity index (χ0) is 28.8. The predicted molar refractivity (Wildman–Crippen MR) is 144 cm³/mol. The summed E-state index contributed by atoms with van der Waals surface area (Å²) in [5.41, 5.74) is -2.36. The molecule has 10 nitrogen and oxygen atoms in total. The number of hydrogen-bond donors (Lipinski definition) is 3. The molecule has 3 unspecified atom stereocenters. The van der Waals surface area contributed by atoms with Crippen LogP contribution in [-0.2, 0) is 28.5 Å². The monoisotopic (exact) mass is 544 g/mol. The lowest BCUT2D eigenvalue weighted by atomic mass is 9.74. The van der Waals surface area contributed by atoms with Gasteiger partial charge in [0.1, 0.15) is 18.1 Å². The molecule has 2 fully saturated rings. The molecule has 222 valence electrons. The number of methoxy groups -OCH3 is 1. The average Bonchev–Trinajstić information content (AvgIpc) is 2.86. The molecule has 0 bridgehead atoms. The molecule has 0 aromatic carbocycles. The van der Waals surface area contributed by atoms with Crippen molar-refractivity contribution in [2.75, 3.05) is 41.0 Å². The second-order valence-corrected chi connectivity index (χ2v) is 12.3. The van der Waals surface area contributed by atoms with Crippen molar-refractivity contribution in [1.82, 2.24) is 10.2 Å². The molecule has 3 N–H and O–H groups in total. The molecule has 10 heteroatoms. The Bertz CT molecular complexity index is 778. The number of rotatable bonds is 7. The van der Waals surface area contributed by atoms with Crippen LogP contribution >= 0.6 is 0 Å². The number of likely N-dealkylation sites (N-methyl/N-ethyl adjacent to an activating group) is 1. The summed E-state index contributed by atoms with van der Waals surface area (Å²) >= 11 is 0. The molecule has 9 atom stereocenters. The maximum Gasteiger partial charge on any atom is 0.319 e. The maximum atomic E-state index is 13.9. The summed E-state index contributed by atoms with van der Waals surface area (Å²) in [5, 5.41) is 23.9. The van der Waals surface area contributed by atoms with Gasteiger partial charge in [-0.3, -0.25) is 9.59 Å². The van der Waals surface area contributed by atoms with Gasteiger partial charge < -0.3 is 39.4 Å². The number of nitrogens with zero attached hydrogens (tertiary/aromatic N) is 1. The molecule has 38 heavy (non-hydrogen) atoms. The van der Waals surface area contributed by atoms with Crippen LogP contribution in [0.25, 0.3) is 0 Å². The van der Waals surface area contributed by atoms with Crippen molar-refractivity contribution in [1.29, 1.82) is 0 Å². The smallest absolute Gasteiger partial charge is 0.319 e. The van der Waals surface area contributed by atoms with E-state index < -0.39 is 41.4 Å². The molecule has 2 saturated heterocycles. The van der Waals surface area contributed by atoms with Gasteiger partial charge in [-0.2, -0.15) is 0 Å². The van der Waals surface area contributed by atoms with Crippen LogP contribution in [0.3, 0.4) is 0 Å². The van der Waals surface area contributed by atoms with E-state index in [4.69, 9.17) is 18.9 Å². The Morgan fingerprint density at radius 1 is 1.16 bits per heavy atom. The standard InChI is InChI=1S/C28H52N2O8/c1-17-14-28(6,35-9)24(38-25-22(32)21(30(7)8)13-18(2)37-25)19(3)23(33)27(4,5)26(34)36-16-20(29-15-17)11-10-12-31/h17-22,24-25,29,31-32H,10-16H2,1-9H3/t17-,18?,19+,20?,21?,22-,24-,25+,28-/m1/s1. The van der Waals surface area contributed by atoms with E-state index in [9.17, 15) is 19.8 Å². The van der Waals surface area contributed by atoms with E-state index >= 15 is 0 Å². The van der Waals surface area contributed by atoms with Gasteiger partial charge in [0.05, 0.1) is 17.8 Å². The minimum absolute atomic E-state index is 0.0479. The third-order valence-corrected chi connectivity index (χ3v) is 8.25. The number of ether oxygens (including phenoxy) is 4. The number of esters is 1. The van der Waals surface area contributed by atoms with Crippen LogP contribution in [0.2, 0.25) is 0 Å². The van der Waals surface area contributed by atoms with Crippen LogP contribution < -0.4 is 5.32 Å². The molecule has 2 heterocycles. The molecular weight excluding hydrogens is 492 g/mol. The van der Waals surface area contributed by atoms with E-state index in [2.05, 4.69) is 12.2 Å². The third kappa shape index (κ3) is 7.96. The molecule has 0 spiro atoms. The van der Waals surface area contributed by atoms with Gasteiger partial charge in [0.25, 0.3) is 0 Å². The van der Waals surface area contributed by atoms with Crippen molar-refractivity contribution in [2.45, 2.75) is 110 Å². The molecule has 2 aliphatic heterocycles. The quantitative estimate of drug-likeness (QED) is 0.322. The first-order chi connectivity index (χ1) is 17.7. The van der Waals surface area contributed by atoms with E-state index in [-0.39, 0.29) is 43.1 Å². The first kappa shape index (κ1) is 33.1. The second kappa shape index (κ2) is 14.0. The number of hydrogen-bond acceptors (Lipinski definition) is 10. The SMILES string of the molecule is CO[C@]1(C)C[C@@H](C)CNC(CCCO)COC(=O)C(C)(C)C(=O)[C@H](C)[C@H]1O[C@@H]1OC(C)CC(N(C)C)[C@H]1O. The van der Waals surface area contributed by atoms with Crippen molar-refractivity contribution in [3.63, 3.8) is 0 Å². The summed E-state index contributed by atoms with van der Waals surface area (Å²) < 4.78 is 24.3. The van der Waals surface area contributed by atoms with Crippen LogP contribution in [0.4, 0.5) is 0 Å². The van der Waals surface area contributed by atoms with Gasteiger partial charge in [0.2, 0.25) is 0 Å². The highest BCUT2D eigenvalue weighted by molar-refractivity contribution is 6.04. The van der Waals surface area contributed by atoms with Crippen LogP contribution in [-0.4, -0.2) is 110 Å². The fourth-order valence-corrected chi connectivity index (χ4v) is 5.78. The predicted octanol–water partition coefficient (Wildman–Crippen LogP) is 1.75. The van der Waals surface area contributed by atoms with Crippen LogP contribution in [0.1, 0.15) is 67.2 Å². The number of nitrogens with one attached hydrogen (secondary N) is 1. The summed E-state index contributed by atoms with van der Waals surface area (Å²) in [7, 11) is 5.41. The summed E-state index contributed by atoms with van der Waals surface area (Å²) in [6.45, 7) is 11.6. The summed E-state index contributed by atoms with van der Waals surface area (Å²) in [6.07, 6.45) is -0.462. The fraction of sp³-hybridized carbons (Fsp3) is 0.929. The summed E-state index contributed by atoms with van der Waals surface area (Å²) in [6, 6.07) is -0.322. The highest BCUT2D eigenvalue weighted by atomic mass is 16.7. The largest absolute Gasteiger partial charge is 0.463 e. The van der Waals surface area contributed by atoms with Crippen LogP contribution in [0.15, 0.2) is 0 Å². The van der Waals surface area contributed by atoms with E-state index in [0.717, 1.165) is 0 Å². The molecular formula is C28H52N2O8. The van der Waals surface area contributed by atoms with E-state index in [0.29, 0.717) is 32.2 Å². The number of cyclic esters (lactones) is 1. The molecule has 0 radical (unpaired) electrons. The molecule has 0 aromatic heterocycles. The Hall–Kier alpha value is -1.14. The Morgan fingerprint density at radius 2 is 1.82 bits per heavy atom. The van der Waals surface area contributed by atoms with Crippen molar-refractivity contribution in [2.24, 2.45) is 17.3 Å². The molecule has 0 amide bonds. The zero-order valence-corrected chi connectivity index (χ0v) is 24.9. The molecule has 0 aromatic rings. The van der Waals surface area contributed by atoms with Gasteiger partial charge in [-0.05, 0) is 79.9 Å². The minimum Gasteiger partial charge on any atom is -0.463 e. The maximum absolute atomic E-state index is 13.9. The van der Waals surface area contributed by atoms with Gasteiger partial charge in [-0.15, -0.1) is 0 Å². The average molecular weight is 545 g/mol. The molecule has 2 rings (SSSR count). The van der Waals surface area contributed by atoms with Crippen molar-refractivity contribution >= 4 is 11.8 Å². The number of ketones is 1. The normalized spacial score (nSPS) is 39.7. The van der Waals surface area contributed by atoms with Gasteiger partial charge in [-0.1, -0.05) is 13.8 Å². The number of Topliss-reactive ketones (excluding diaryl/α,β-unsaturated/α-hetero) is 1. The van der Waals surface area contributed by atoms with Gasteiger partial charge in [0.15, 0.2) is 12.1 Å². The topological polar surface area (TPSA) is 127 Å². The minimum atomic E-state index is -1.43. The number of aliphatic hydroxyl groups is 2. The van der Waals surface area contributed by atoms with Crippen molar-refractivity contribution in [3.8, 4) is 0 Å². The zero-order valence-electron chi connectivity index (χ0n) is 24.9. The fourth-order valence-electron chi connectivity index (χ4n) is 5.78. The number of aliphatic hydroxyl groups excluding tert-OH is 2. The summed E-state index contributed by atoms with van der Waals surface area (Å²) in [5.74, 6) is -1.59. The summed E-state index contributed by atoms with van der Waals surface area (Å²) in [4.78, 5) is 29.0. The molecule has 2 aliphatic rings. The van der Waals surface area contributed by atoms with E-state index in [1.54, 1.807) is 27.9 Å². The first-order valence-corrected chi connectivity index (χ1v) is 13.9. The highest BCUT2D eigenvalue weighted by Crippen LogP contribution is 2.38. The molecule has 0 saturated carbocycles. The molecule has 0 aliphatic carbocycles. The van der Waals surface area contributed by atoms with Crippen molar-refractivity contribution in [3.05, 3.63) is 0 Å².